The molecule has 1 unspecified atom stereocenters. The van der Waals surface area contributed by atoms with Gasteiger partial charge in [-0.15, -0.1) is 0 Å². The van der Waals surface area contributed by atoms with E-state index in [9.17, 15) is 9.90 Å². The second kappa shape index (κ2) is 7.17. The van der Waals surface area contributed by atoms with Crippen LogP contribution in [0.4, 0.5) is 0 Å². The number of hydrogen-bond donors (Lipinski definition) is 1. The molecule has 1 aromatic rings. The molecule has 1 N–H and O–H groups in total. The van der Waals surface area contributed by atoms with Gasteiger partial charge in [-0.2, -0.15) is 0 Å². The summed E-state index contributed by atoms with van der Waals surface area (Å²) in [5.41, 5.74) is 0.732. The summed E-state index contributed by atoms with van der Waals surface area (Å²) in [4.78, 5) is 14.4. The molecule has 0 aliphatic carbocycles. The van der Waals surface area contributed by atoms with E-state index >= 15 is 0 Å². The first-order valence-corrected chi connectivity index (χ1v) is 7.63. The van der Waals surface area contributed by atoms with Crippen LogP contribution in [0.3, 0.4) is 0 Å². The highest BCUT2D eigenvalue weighted by atomic mass is 79.9. The van der Waals surface area contributed by atoms with Gasteiger partial charge in [-0.05, 0) is 31.5 Å². The Kier molecular flexibility index (Phi) is 5.55. The number of carbonyl (C=O) groups is 1. The van der Waals surface area contributed by atoms with Crippen LogP contribution in [0.15, 0.2) is 28.7 Å². The molecular weight excluding hydrogens is 306 g/mol. The lowest BCUT2D eigenvalue weighted by Crippen LogP contribution is -2.40. The number of hydrogen-bond acceptors (Lipinski definition) is 3. The average Bonchev–Trinajstić information content (AvgIpc) is 2.63. The lowest BCUT2D eigenvalue weighted by atomic mass is 10.1. The summed E-state index contributed by atoms with van der Waals surface area (Å²) < 4.78 is 0.924. The quantitative estimate of drug-likeness (QED) is 0.865. The van der Waals surface area contributed by atoms with Crippen LogP contribution in [0.1, 0.15) is 36.0 Å². The van der Waals surface area contributed by atoms with Gasteiger partial charge in [-0.3, -0.25) is 9.69 Å². The minimum absolute atomic E-state index is 0.127. The number of benzene rings is 1. The zero-order valence-electron chi connectivity index (χ0n) is 11.0. The Morgan fingerprint density at radius 1 is 1.37 bits per heavy atom. The van der Waals surface area contributed by atoms with E-state index in [1.54, 1.807) is 0 Å². The minimum Gasteiger partial charge on any atom is -0.395 e. The Hall–Kier alpha value is -0.710. The maximum atomic E-state index is 12.3. The predicted octanol–water partition coefficient (Wildman–Crippen LogP) is 2.87. The van der Waals surface area contributed by atoms with E-state index in [0.29, 0.717) is 6.54 Å². The monoisotopic (exact) mass is 325 g/mol. The molecule has 0 spiro atoms. The Morgan fingerprint density at radius 3 is 2.95 bits per heavy atom. The third-order valence-electron chi connectivity index (χ3n) is 3.70. The van der Waals surface area contributed by atoms with E-state index in [-0.39, 0.29) is 18.4 Å². The molecule has 0 amide bonds. The maximum absolute atomic E-state index is 12.3. The number of aliphatic hydroxyl groups excluding tert-OH is 1. The second-order valence-electron chi connectivity index (χ2n) is 5.09. The molecule has 4 heteroatoms. The van der Waals surface area contributed by atoms with Crippen molar-refractivity contribution >= 4 is 21.7 Å². The number of carbonyl (C=O) groups excluding carboxylic acids is 1. The van der Waals surface area contributed by atoms with Crippen molar-refractivity contribution in [2.75, 3.05) is 19.7 Å². The molecule has 0 saturated carbocycles. The number of Topliss-reactive ketones (excluding diaryl/α,β-unsaturated/α-hetero) is 1. The fraction of sp³-hybridized carbons (Fsp3) is 0.533. The Bertz CT molecular complexity index is 436. The molecule has 1 aromatic carbocycles. The van der Waals surface area contributed by atoms with E-state index in [2.05, 4.69) is 20.8 Å². The van der Waals surface area contributed by atoms with Gasteiger partial charge in [0.2, 0.25) is 0 Å². The van der Waals surface area contributed by atoms with E-state index < -0.39 is 0 Å². The summed E-state index contributed by atoms with van der Waals surface area (Å²) >= 11 is 3.39. The van der Waals surface area contributed by atoms with Crippen molar-refractivity contribution in [2.45, 2.75) is 31.7 Å². The van der Waals surface area contributed by atoms with Crippen LogP contribution in [-0.2, 0) is 0 Å². The number of rotatable bonds is 4. The summed E-state index contributed by atoms with van der Waals surface area (Å²) in [5.74, 6) is 0.127. The van der Waals surface area contributed by atoms with Gasteiger partial charge in [0.05, 0.1) is 13.2 Å². The molecule has 3 nitrogen and oxygen atoms in total. The van der Waals surface area contributed by atoms with Crippen LogP contribution in [0, 0.1) is 0 Å². The molecule has 2 rings (SSSR count). The van der Waals surface area contributed by atoms with Crippen molar-refractivity contribution < 1.29 is 9.90 Å². The zero-order chi connectivity index (χ0) is 13.7. The normalized spacial score (nSPS) is 21.1. The molecule has 1 aliphatic heterocycles. The van der Waals surface area contributed by atoms with Gasteiger partial charge in [-0.25, -0.2) is 0 Å². The van der Waals surface area contributed by atoms with E-state index in [4.69, 9.17) is 0 Å². The van der Waals surface area contributed by atoms with Crippen LogP contribution < -0.4 is 0 Å². The lowest BCUT2D eigenvalue weighted by molar-refractivity contribution is 0.0826. The molecule has 1 aliphatic rings. The molecule has 1 atom stereocenters. The molecule has 1 heterocycles. The SMILES string of the molecule is O=C(CN1CCCCCC1CO)c1cccc(Br)c1. The number of nitrogens with zero attached hydrogens (tertiary/aromatic N) is 1. The van der Waals surface area contributed by atoms with E-state index in [0.717, 1.165) is 35.8 Å². The number of aliphatic hydroxyl groups is 1. The molecule has 0 aromatic heterocycles. The van der Waals surface area contributed by atoms with E-state index in [1.165, 1.54) is 6.42 Å². The molecule has 0 bridgehead atoms. The molecule has 104 valence electrons. The fourth-order valence-electron chi connectivity index (χ4n) is 2.59. The molecule has 1 saturated heterocycles. The van der Waals surface area contributed by atoms with Gasteiger partial charge in [0.15, 0.2) is 5.78 Å². The van der Waals surface area contributed by atoms with Crippen molar-refractivity contribution in [3.05, 3.63) is 34.3 Å². The smallest absolute Gasteiger partial charge is 0.176 e. The summed E-state index contributed by atoms with van der Waals surface area (Å²) in [6.45, 7) is 1.46. The van der Waals surface area contributed by atoms with Crippen molar-refractivity contribution in [1.29, 1.82) is 0 Å². The van der Waals surface area contributed by atoms with Gasteiger partial charge >= 0.3 is 0 Å². The highest BCUT2D eigenvalue weighted by Crippen LogP contribution is 2.18. The van der Waals surface area contributed by atoms with Crippen molar-refractivity contribution in [1.82, 2.24) is 4.90 Å². The first-order valence-electron chi connectivity index (χ1n) is 6.84. The van der Waals surface area contributed by atoms with Gasteiger partial charge in [0, 0.05) is 16.1 Å². The number of ketones is 1. The predicted molar refractivity (Wildman–Crippen MR) is 79.4 cm³/mol. The third kappa shape index (κ3) is 4.13. The highest BCUT2D eigenvalue weighted by molar-refractivity contribution is 9.10. The summed E-state index contributed by atoms with van der Waals surface area (Å²) in [5, 5.41) is 9.45. The second-order valence-corrected chi connectivity index (χ2v) is 6.01. The summed E-state index contributed by atoms with van der Waals surface area (Å²) in [6.07, 6.45) is 4.44. The Balaban J connectivity index is 2.04. The Labute approximate surface area is 122 Å². The van der Waals surface area contributed by atoms with Gasteiger partial charge in [0.1, 0.15) is 0 Å². The lowest BCUT2D eigenvalue weighted by Gasteiger charge is -2.27. The average molecular weight is 326 g/mol. The number of halogens is 1. The number of likely N-dealkylation sites (tertiary alicyclic amines) is 1. The van der Waals surface area contributed by atoms with Crippen LogP contribution in [0.5, 0.6) is 0 Å². The van der Waals surface area contributed by atoms with Gasteiger partial charge in [-0.1, -0.05) is 40.9 Å². The topological polar surface area (TPSA) is 40.5 Å². The van der Waals surface area contributed by atoms with Crippen LogP contribution in [0.2, 0.25) is 0 Å². The minimum atomic E-state index is 0.127. The molecule has 0 radical (unpaired) electrons. The van der Waals surface area contributed by atoms with E-state index in [1.807, 2.05) is 24.3 Å². The standard InChI is InChI=1S/C15H20BrNO2/c16-13-6-4-5-12(9-13)15(19)10-17-8-3-1-2-7-14(17)11-18/h4-6,9,14,18H,1-3,7-8,10-11H2. The van der Waals surface area contributed by atoms with Crippen LogP contribution >= 0.6 is 15.9 Å². The van der Waals surface area contributed by atoms with Crippen molar-refractivity contribution in [3.8, 4) is 0 Å². The molecule has 19 heavy (non-hydrogen) atoms. The van der Waals surface area contributed by atoms with Crippen molar-refractivity contribution in [2.24, 2.45) is 0 Å². The summed E-state index contributed by atoms with van der Waals surface area (Å²) in [6, 6.07) is 7.63. The fourth-order valence-corrected chi connectivity index (χ4v) is 2.99. The molecule has 1 fully saturated rings. The maximum Gasteiger partial charge on any atom is 0.176 e. The first kappa shape index (κ1) is 14.7. The molecular formula is C15H20BrNO2. The largest absolute Gasteiger partial charge is 0.395 e. The first-order chi connectivity index (χ1) is 9.20. The van der Waals surface area contributed by atoms with Crippen molar-refractivity contribution in [3.63, 3.8) is 0 Å². The van der Waals surface area contributed by atoms with Gasteiger partial charge < -0.3 is 5.11 Å². The van der Waals surface area contributed by atoms with Crippen LogP contribution in [0.25, 0.3) is 0 Å². The third-order valence-corrected chi connectivity index (χ3v) is 4.20. The van der Waals surface area contributed by atoms with Gasteiger partial charge in [0.25, 0.3) is 0 Å². The Morgan fingerprint density at radius 2 is 2.21 bits per heavy atom. The highest BCUT2D eigenvalue weighted by Gasteiger charge is 2.22. The summed E-state index contributed by atoms with van der Waals surface area (Å²) in [7, 11) is 0. The van der Waals surface area contributed by atoms with Crippen LogP contribution in [-0.4, -0.2) is 41.5 Å². The zero-order valence-corrected chi connectivity index (χ0v) is 12.6.